The van der Waals surface area contributed by atoms with Crippen LogP contribution in [0.2, 0.25) is 0 Å². The molecule has 0 radical (unpaired) electrons. The molecule has 1 N–H and O–H groups in total. The Bertz CT molecular complexity index is 313. The van der Waals surface area contributed by atoms with Crippen LogP contribution in [-0.2, 0) is 6.54 Å². The largest absolute Gasteiger partial charge is 0.491 e. The van der Waals surface area contributed by atoms with E-state index in [1.165, 1.54) is 0 Å². The second kappa shape index (κ2) is 6.48. The van der Waals surface area contributed by atoms with Crippen LogP contribution in [0.1, 0.15) is 32.9 Å². The van der Waals surface area contributed by atoms with Crippen LogP contribution >= 0.6 is 0 Å². The van der Waals surface area contributed by atoms with Crippen molar-refractivity contribution in [1.82, 2.24) is 10.3 Å². The highest BCUT2D eigenvalue weighted by Crippen LogP contribution is 2.16. The number of ether oxygens (including phenoxy) is 1. The highest BCUT2D eigenvalue weighted by Gasteiger charge is 2.07. The number of hydrogen-bond donors (Lipinski definition) is 1. The normalized spacial score (nSPS) is 12.8. The molecule has 3 nitrogen and oxygen atoms in total. The van der Waals surface area contributed by atoms with E-state index in [2.05, 4.69) is 31.1 Å². The molecule has 0 aliphatic carbocycles. The summed E-state index contributed by atoms with van der Waals surface area (Å²) in [5.74, 6) is 1.57. The first kappa shape index (κ1) is 13.0. The Balaban J connectivity index is 2.55. The number of nitrogens with zero attached hydrogens (tertiary/aromatic N) is 1. The molecule has 0 bridgehead atoms. The van der Waals surface area contributed by atoms with Crippen LogP contribution in [0.3, 0.4) is 0 Å². The van der Waals surface area contributed by atoms with Gasteiger partial charge in [0.05, 0.1) is 11.8 Å². The van der Waals surface area contributed by atoms with Crippen molar-refractivity contribution in [1.29, 1.82) is 0 Å². The van der Waals surface area contributed by atoms with Crippen molar-refractivity contribution < 1.29 is 4.74 Å². The first-order chi connectivity index (χ1) is 7.61. The van der Waals surface area contributed by atoms with E-state index < -0.39 is 0 Å². The van der Waals surface area contributed by atoms with E-state index in [0.29, 0.717) is 5.92 Å². The van der Waals surface area contributed by atoms with Gasteiger partial charge in [-0.15, -0.1) is 0 Å². The van der Waals surface area contributed by atoms with Crippen LogP contribution in [0.4, 0.5) is 0 Å². The maximum atomic E-state index is 5.84. The van der Waals surface area contributed by atoms with Gasteiger partial charge in [0.25, 0.3) is 0 Å². The van der Waals surface area contributed by atoms with E-state index in [0.717, 1.165) is 24.4 Å². The number of pyridine rings is 1. The lowest BCUT2D eigenvalue weighted by molar-refractivity contribution is 0.193. The van der Waals surface area contributed by atoms with Crippen LogP contribution in [0.15, 0.2) is 18.3 Å². The van der Waals surface area contributed by atoms with Gasteiger partial charge in [-0.1, -0.05) is 13.8 Å². The Hall–Kier alpha value is -1.09. The summed E-state index contributed by atoms with van der Waals surface area (Å²) in [5, 5.41) is 3.08. The minimum atomic E-state index is 0.254. The molecule has 0 aromatic carbocycles. The van der Waals surface area contributed by atoms with E-state index >= 15 is 0 Å². The Kier molecular flexibility index (Phi) is 5.26. The lowest BCUT2D eigenvalue weighted by Gasteiger charge is -2.16. The molecule has 0 aliphatic heterocycles. The summed E-state index contributed by atoms with van der Waals surface area (Å²) in [6.45, 7) is 7.30. The van der Waals surface area contributed by atoms with Gasteiger partial charge < -0.3 is 10.1 Å². The molecule has 0 fully saturated rings. The van der Waals surface area contributed by atoms with E-state index in [9.17, 15) is 0 Å². The Morgan fingerprint density at radius 1 is 1.38 bits per heavy atom. The molecule has 0 saturated carbocycles. The smallest absolute Gasteiger partial charge is 0.123 e. The molecular weight excluding hydrogens is 200 g/mol. The summed E-state index contributed by atoms with van der Waals surface area (Å²) in [7, 11) is 1.91. The Morgan fingerprint density at radius 2 is 2.12 bits per heavy atom. The zero-order valence-corrected chi connectivity index (χ0v) is 10.7. The van der Waals surface area contributed by atoms with E-state index in [4.69, 9.17) is 4.74 Å². The fraction of sp³-hybridized carbons (Fsp3) is 0.615. The molecule has 16 heavy (non-hydrogen) atoms. The van der Waals surface area contributed by atoms with Gasteiger partial charge in [0.15, 0.2) is 0 Å². The van der Waals surface area contributed by atoms with Crippen molar-refractivity contribution in [2.24, 2.45) is 5.92 Å². The van der Waals surface area contributed by atoms with E-state index in [1.807, 2.05) is 19.2 Å². The topological polar surface area (TPSA) is 34.1 Å². The number of aromatic nitrogens is 1. The third kappa shape index (κ3) is 4.62. The number of nitrogens with one attached hydrogen (secondary N) is 1. The molecule has 90 valence electrons. The van der Waals surface area contributed by atoms with Crippen molar-refractivity contribution in [3.63, 3.8) is 0 Å². The van der Waals surface area contributed by atoms with Gasteiger partial charge in [-0.3, -0.25) is 4.98 Å². The molecular formula is C13H22N2O. The van der Waals surface area contributed by atoms with Gasteiger partial charge in [-0.2, -0.15) is 0 Å². The summed E-state index contributed by atoms with van der Waals surface area (Å²) >= 11 is 0. The summed E-state index contributed by atoms with van der Waals surface area (Å²) < 4.78 is 5.84. The minimum Gasteiger partial charge on any atom is -0.491 e. The van der Waals surface area contributed by atoms with Gasteiger partial charge in [0.1, 0.15) is 5.75 Å². The second-order valence-corrected chi connectivity index (χ2v) is 4.57. The molecule has 1 unspecified atom stereocenters. The highest BCUT2D eigenvalue weighted by molar-refractivity contribution is 5.22. The van der Waals surface area contributed by atoms with E-state index in [1.54, 1.807) is 6.20 Å². The summed E-state index contributed by atoms with van der Waals surface area (Å²) in [6.07, 6.45) is 3.12. The zero-order chi connectivity index (χ0) is 12.0. The van der Waals surface area contributed by atoms with Crippen LogP contribution in [0.5, 0.6) is 5.75 Å². The van der Waals surface area contributed by atoms with Gasteiger partial charge in [0, 0.05) is 18.8 Å². The zero-order valence-electron chi connectivity index (χ0n) is 10.7. The molecule has 0 aliphatic rings. The van der Waals surface area contributed by atoms with Crippen LogP contribution in [0, 0.1) is 5.92 Å². The number of hydrogen-bond acceptors (Lipinski definition) is 3. The number of rotatable bonds is 6. The third-order valence-electron chi connectivity index (χ3n) is 2.29. The lowest BCUT2D eigenvalue weighted by atomic mass is 10.1. The average molecular weight is 222 g/mol. The molecule has 1 rings (SSSR count). The van der Waals surface area contributed by atoms with Crippen molar-refractivity contribution in [2.45, 2.75) is 39.8 Å². The first-order valence-electron chi connectivity index (χ1n) is 5.88. The third-order valence-corrected chi connectivity index (χ3v) is 2.29. The first-order valence-corrected chi connectivity index (χ1v) is 5.88. The molecule has 1 aromatic rings. The summed E-state index contributed by atoms with van der Waals surface area (Å²) in [5.41, 5.74) is 1.01. The minimum absolute atomic E-state index is 0.254. The average Bonchev–Trinajstić information content (AvgIpc) is 2.17. The van der Waals surface area contributed by atoms with Crippen molar-refractivity contribution in [3.8, 4) is 5.75 Å². The lowest BCUT2D eigenvalue weighted by Crippen LogP contribution is -2.15. The maximum absolute atomic E-state index is 5.84. The van der Waals surface area contributed by atoms with Crippen molar-refractivity contribution in [2.75, 3.05) is 7.05 Å². The standard InChI is InChI=1S/C13H22N2O/c1-10(2)7-11(3)16-13-5-6-15-12(8-13)9-14-4/h5-6,8,10-11,14H,7,9H2,1-4H3. The maximum Gasteiger partial charge on any atom is 0.123 e. The van der Waals surface area contributed by atoms with Crippen LogP contribution in [-0.4, -0.2) is 18.1 Å². The quantitative estimate of drug-likeness (QED) is 0.803. The highest BCUT2D eigenvalue weighted by atomic mass is 16.5. The van der Waals surface area contributed by atoms with Gasteiger partial charge in [-0.25, -0.2) is 0 Å². The Labute approximate surface area is 98.2 Å². The van der Waals surface area contributed by atoms with Gasteiger partial charge >= 0.3 is 0 Å². The predicted octanol–water partition coefficient (Wildman–Crippen LogP) is 2.61. The molecule has 0 saturated heterocycles. The van der Waals surface area contributed by atoms with E-state index in [-0.39, 0.29) is 6.10 Å². The Morgan fingerprint density at radius 3 is 2.75 bits per heavy atom. The predicted molar refractivity (Wildman–Crippen MR) is 66.5 cm³/mol. The van der Waals surface area contributed by atoms with Crippen LogP contribution < -0.4 is 10.1 Å². The fourth-order valence-electron chi connectivity index (χ4n) is 1.75. The van der Waals surface area contributed by atoms with Crippen LogP contribution in [0.25, 0.3) is 0 Å². The molecule has 0 spiro atoms. The monoisotopic (exact) mass is 222 g/mol. The molecule has 3 heteroatoms. The molecule has 1 aromatic heterocycles. The summed E-state index contributed by atoms with van der Waals surface area (Å²) in [4.78, 5) is 4.25. The molecule has 1 atom stereocenters. The van der Waals surface area contributed by atoms with Gasteiger partial charge in [0.2, 0.25) is 0 Å². The SMILES string of the molecule is CNCc1cc(OC(C)CC(C)C)ccn1. The molecule has 1 heterocycles. The summed E-state index contributed by atoms with van der Waals surface area (Å²) in [6, 6.07) is 3.91. The van der Waals surface area contributed by atoms with Gasteiger partial charge in [-0.05, 0) is 32.4 Å². The second-order valence-electron chi connectivity index (χ2n) is 4.57. The van der Waals surface area contributed by atoms with Crippen molar-refractivity contribution in [3.05, 3.63) is 24.0 Å². The van der Waals surface area contributed by atoms with Crippen molar-refractivity contribution >= 4 is 0 Å². The molecule has 0 amide bonds. The fourth-order valence-corrected chi connectivity index (χ4v) is 1.75.